The van der Waals surface area contributed by atoms with Gasteiger partial charge >= 0.3 is 6.18 Å². The second-order valence-electron chi connectivity index (χ2n) is 2.84. The molecule has 0 amide bonds. The zero-order chi connectivity index (χ0) is 11.6. The van der Waals surface area contributed by atoms with E-state index in [0.717, 1.165) is 13.0 Å². The van der Waals surface area contributed by atoms with Crippen molar-refractivity contribution in [1.82, 2.24) is 0 Å². The van der Waals surface area contributed by atoms with Crippen LogP contribution >= 0.6 is 12.1 Å². The van der Waals surface area contributed by atoms with E-state index in [4.69, 9.17) is 0 Å². The Balaban J connectivity index is 3.32. The zero-order valence-electron chi connectivity index (χ0n) is 7.56. The minimum Gasteiger partial charge on any atom is -0.295 e. The first-order chi connectivity index (χ1) is 6.86. The van der Waals surface area contributed by atoms with Crippen LogP contribution in [0.4, 0.5) is 17.1 Å². The van der Waals surface area contributed by atoms with Gasteiger partial charge in [0, 0.05) is 5.56 Å². The van der Waals surface area contributed by atoms with Crippen molar-refractivity contribution in [2.45, 2.75) is 18.0 Å². The molecule has 0 atom stereocenters. The lowest BCUT2D eigenvalue weighted by Gasteiger charge is -2.10. The van der Waals surface area contributed by atoms with Crippen LogP contribution in [0.25, 0.3) is 0 Å². The number of alkyl halides is 3. The van der Waals surface area contributed by atoms with Gasteiger partial charge < -0.3 is 0 Å². The summed E-state index contributed by atoms with van der Waals surface area (Å²) >= 11 is -0.489. The molecule has 0 aliphatic rings. The van der Waals surface area contributed by atoms with E-state index < -0.39 is 34.6 Å². The molecule has 82 valence electrons. The highest BCUT2D eigenvalue weighted by Crippen LogP contribution is 2.37. The van der Waals surface area contributed by atoms with Crippen molar-refractivity contribution in [1.29, 1.82) is 0 Å². The van der Waals surface area contributed by atoms with Crippen LogP contribution in [0.15, 0.2) is 23.1 Å². The SMILES string of the molecule is CC(=O)c1ccc(SF)c(C(F)(F)F)c1. The minimum absolute atomic E-state index is 0.0832. The van der Waals surface area contributed by atoms with E-state index in [1.807, 2.05) is 0 Å². The molecule has 0 bridgehead atoms. The number of carbonyl (C=O) groups excluding carboxylic acids is 1. The summed E-state index contributed by atoms with van der Waals surface area (Å²) in [5.74, 6) is -0.490. The fourth-order valence-corrected chi connectivity index (χ4v) is 1.42. The summed E-state index contributed by atoms with van der Waals surface area (Å²) in [5.41, 5.74) is -1.21. The highest BCUT2D eigenvalue weighted by atomic mass is 32.2. The smallest absolute Gasteiger partial charge is 0.295 e. The molecule has 0 saturated heterocycles. The molecule has 0 aliphatic carbocycles. The van der Waals surface area contributed by atoms with Gasteiger partial charge in [0.25, 0.3) is 0 Å². The molecule has 6 heteroatoms. The molecule has 1 nitrogen and oxygen atoms in total. The van der Waals surface area contributed by atoms with Crippen LogP contribution < -0.4 is 0 Å². The minimum atomic E-state index is -4.65. The van der Waals surface area contributed by atoms with Crippen molar-refractivity contribution < 1.29 is 21.9 Å². The van der Waals surface area contributed by atoms with Gasteiger partial charge in [-0.15, -0.1) is 0 Å². The Morgan fingerprint density at radius 2 is 1.93 bits per heavy atom. The lowest BCUT2D eigenvalue weighted by molar-refractivity contribution is -0.139. The summed E-state index contributed by atoms with van der Waals surface area (Å²) < 4.78 is 49.3. The molecular formula is C9H6F4OS. The van der Waals surface area contributed by atoms with Gasteiger partial charge in [0.2, 0.25) is 0 Å². The number of Topliss-reactive ketones (excluding diaryl/α,β-unsaturated/α-hetero) is 1. The molecule has 0 radical (unpaired) electrons. The molecule has 0 aromatic heterocycles. The number of rotatable bonds is 2. The Kier molecular flexibility index (Phi) is 3.38. The highest BCUT2D eigenvalue weighted by Gasteiger charge is 2.34. The first-order valence-electron chi connectivity index (χ1n) is 3.87. The van der Waals surface area contributed by atoms with Gasteiger partial charge in [0.15, 0.2) is 5.78 Å². The van der Waals surface area contributed by atoms with Gasteiger partial charge in [-0.1, -0.05) is 6.07 Å². The van der Waals surface area contributed by atoms with Gasteiger partial charge in [-0.25, -0.2) is 0 Å². The molecule has 0 spiro atoms. The second kappa shape index (κ2) is 4.22. The van der Waals surface area contributed by atoms with E-state index in [2.05, 4.69) is 0 Å². The van der Waals surface area contributed by atoms with Gasteiger partial charge in [0.05, 0.1) is 22.6 Å². The first-order valence-corrected chi connectivity index (χ1v) is 4.58. The largest absolute Gasteiger partial charge is 0.417 e. The van der Waals surface area contributed by atoms with Crippen LogP contribution in [0.3, 0.4) is 0 Å². The van der Waals surface area contributed by atoms with Crippen LogP contribution in [0.1, 0.15) is 22.8 Å². The Morgan fingerprint density at radius 1 is 1.33 bits per heavy atom. The fraction of sp³-hybridized carbons (Fsp3) is 0.222. The number of hydrogen-bond donors (Lipinski definition) is 0. The quantitative estimate of drug-likeness (QED) is 0.574. The maximum absolute atomic E-state index is 12.4. The first kappa shape index (κ1) is 12.0. The molecule has 0 N–H and O–H groups in total. The van der Waals surface area contributed by atoms with Gasteiger partial charge in [-0.05, 0) is 19.1 Å². The van der Waals surface area contributed by atoms with Crippen LogP contribution in [-0.2, 0) is 6.18 Å². The van der Waals surface area contributed by atoms with E-state index in [9.17, 15) is 21.9 Å². The Hall–Kier alpha value is -1.04. The summed E-state index contributed by atoms with van der Waals surface area (Å²) in [6, 6.07) is 2.77. The summed E-state index contributed by atoms with van der Waals surface area (Å²) in [5, 5.41) is 0. The lowest BCUT2D eigenvalue weighted by atomic mass is 10.1. The van der Waals surface area contributed by atoms with E-state index in [-0.39, 0.29) is 5.56 Å². The Labute approximate surface area is 87.8 Å². The molecule has 1 aromatic rings. The molecule has 0 saturated carbocycles. The van der Waals surface area contributed by atoms with E-state index in [0.29, 0.717) is 6.07 Å². The predicted molar refractivity (Wildman–Crippen MR) is 48.4 cm³/mol. The molecule has 15 heavy (non-hydrogen) atoms. The maximum atomic E-state index is 12.4. The van der Waals surface area contributed by atoms with E-state index in [1.165, 1.54) is 6.07 Å². The van der Waals surface area contributed by atoms with Crippen LogP contribution in [0, 0.1) is 0 Å². The van der Waals surface area contributed by atoms with Crippen LogP contribution in [0.2, 0.25) is 0 Å². The number of benzene rings is 1. The summed E-state index contributed by atoms with van der Waals surface area (Å²) in [6.45, 7) is 1.15. The Bertz CT molecular complexity index is 386. The molecule has 0 fully saturated rings. The van der Waals surface area contributed by atoms with Gasteiger partial charge in [-0.2, -0.15) is 17.1 Å². The molecule has 0 unspecified atom stereocenters. The van der Waals surface area contributed by atoms with Crippen molar-refractivity contribution in [3.63, 3.8) is 0 Å². The van der Waals surface area contributed by atoms with E-state index in [1.54, 1.807) is 0 Å². The fourth-order valence-electron chi connectivity index (χ4n) is 1.04. The number of halogens is 4. The lowest BCUT2D eigenvalue weighted by Crippen LogP contribution is -2.08. The van der Waals surface area contributed by atoms with Crippen molar-refractivity contribution in [3.8, 4) is 0 Å². The van der Waals surface area contributed by atoms with Crippen molar-refractivity contribution in [2.24, 2.45) is 0 Å². The molecule has 1 rings (SSSR count). The third-order valence-electron chi connectivity index (χ3n) is 1.77. The van der Waals surface area contributed by atoms with Crippen molar-refractivity contribution in [3.05, 3.63) is 29.3 Å². The maximum Gasteiger partial charge on any atom is 0.417 e. The number of hydrogen-bond acceptors (Lipinski definition) is 2. The van der Waals surface area contributed by atoms with Crippen molar-refractivity contribution in [2.75, 3.05) is 0 Å². The predicted octanol–water partition coefficient (Wildman–Crippen LogP) is 3.88. The second-order valence-corrected chi connectivity index (χ2v) is 3.44. The molecule has 1 aromatic carbocycles. The van der Waals surface area contributed by atoms with E-state index >= 15 is 0 Å². The van der Waals surface area contributed by atoms with Crippen molar-refractivity contribution >= 4 is 17.9 Å². The third kappa shape index (κ3) is 2.71. The van der Waals surface area contributed by atoms with Crippen LogP contribution in [0.5, 0.6) is 0 Å². The third-order valence-corrected chi connectivity index (χ3v) is 2.30. The molecule has 0 aliphatic heterocycles. The summed E-state index contributed by atoms with van der Waals surface area (Å²) in [4.78, 5) is 10.3. The monoisotopic (exact) mass is 238 g/mol. The average molecular weight is 238 g/mol. The Morgan fingerprint density at radius 3 is 2.33 bits per heavy atom. The molecular weight excluding hydrogens is 232 g/mol. The zero-order valence-corrected chi connectivity index (χ0v) is 8.38. The highest BCUT2D eigenvalue weighted by molar-refractivity contribution is 7.94. The standard InChI is InChI=1S/C9H6F4OS/c1-5(14)6-2-3-8(15-13)7(4-6)9(10,11)12/h2-4H,1H3. The average Bonchev–Trinajstić information content (AvgIpc) is 2.15. The summed E-state index contributed by atoms with van der Waals surface area (Å²) in [7, 11) is 0. The van der Waals surface area contributed by atoms with Gasteiger partial charge in [-0.3, -0.25) is 4.79 Å². The van der Waals surface area contributed by atoms with Gasteiger partial charge in [0.1, 0.15) is 0 Å². The normalized spacial score (nSPS) is 11.5. The summed E-state index contributed by atoms with van der Waals surface area (Å²) in [6.07, 6.45) is -4.65. The van der Waals surface area contributed by atoms with Crippen LogP contribution in [-0.4, -0.2) is 5.78 Å². The molecule has 0 heterocycles. The topological polar surface area (TPSA) is 17.1 Å². The number of ketones is 1. The number of carbonyl (C=O) groups is 1.